The summed E-state index contributed by atoms with van der Waals surface area (Å²) in [6, 6.07) is 12.7. The second-order valence-electron chi connectivity index (χ2n) is 12.5. The largest absolute Gasteiger partial charge is 0.454 e. The fourth-order valence-corrected chi connectivity index (χ4v) is 7.21. The molecule has 2 amide bonds. The minimum atomic E-state index is -4.61. The van der Waals surface area contributed by atoms with E-state index in [1.807, 2.05) is 12.1 Å². The molecule has 0 saturated heterocycles. The molecule has 0 spiro atoms. The minimum absolute atomic E-state index is 0.000888. The maximum Gasteiger partial charge on any atom is 0.422 e. The molecule has 3 aliphatic rings. The predicted molar refractivity (Wildman–Crippen MR) is 170 cm³/mol. The number of aromatic nitrogens is 3. The van der Waals surface area contributed by atoms with Gasteiger partial charge in [0.2, 0.25) is 27.8 Å². The van der Waals surface area contributed by atoms with Gasteiger partial charge >= 0.3 is 12.2 Å². The van der Waals surface area contributed by atoms with Crippen molar-refractivity contribution in [3.8, 4) is 6.01 Å². The molecular formula is C31H33ClF3N7O5S. The second kappa shape index (κ2) is 12.4. The maximum absolute atomic E-state index is 12.9. The molecule has 4 N–H and O–H groups in total. The Morgan fingerprint density at radius 2 is 1.56 bits per heavy atom. The smallest absolute Gasteiger partial charge is 0.422 e. The number of benzene rings is 2. The van der Waals surface area contributed by atoms with E-state index in [9.17, 15) is 31.2 Å². The lowest BCUT2D eigenvalue weighted by molar-refractivity contribution is -0.154. The first-order valence-corrected chi connectivity index (χ1v) is 17.2. The number of ether oxygens (including phenoxy) is 1. The predicted octanol–water partition coefficient (Wildman–Crippen LogP) is 5.21. The fourth-order valence-electron chi connectivity index (χ4n) is 5.38. The number of alkyl halides is 3. The lowest BCUT2D eigenvalue weighted by Gasteiger charge is -2.20. The molecule has 1 heterocycles. The Kier molecular flexibility index (Phi) is 8.68. The van der Waals surface area contributed by atoms with Gasteiger partial charge < -0.3 is 20.7 Å². The van der Waals surface area contributed by atoms with Gasteiger partial charge in [-0.05, 0) is 86.9 Å². The Hall–Kier alpha value is -4.18. The lowest BCUT2D eigenvalue weighted by atomic mass is 10.1. The van der Waals surface area contributed by atoms with Gasteiger partial charge in [-0.15, -0.1) is 0 Å². The number of hydrogen-bond acceptors (Lipinski definition) is 10. The van der Waals surface area contributed by atoms with E-state index < -0.39 is 56.3 Å². The van der Waals surface area contributed by atoms with E-state index in [1.165, 1.54) is 12.1 Å². The highest BCUT2D eigenvalue weighted by atomic mass is 35.5. The first-order valence-electron chi connectivity index (χ1n) is 15.4. The van der Waals surface area contributed by atoms with Gasteiger partial charge in [-0.2, -0.15) is 28.1 Å². The molecule has 256 valence electrons. The minimum Gasteiger partial charge on any atom is -0.454 e. The van der Waals surface area contributed by atoms with Crippen LogP contribution < -0.4 is 25.4 Å². The number of carbonyl (C=O) groups is 2. The van der Waals surface area contributed by atoms with Crippen LogP contribution in [-0.4, -0.2) is 59.3 Å². The molecule has 0 radical (unpaired) electrons. The number of rotatable bonds is 14. The van der Waals surface area contributed by atoms with Gasteiger partial charge in [0.1, 0.15) is 0 Å². The summed E-state index contributed by atoms with van der Waals surface area (Å²) in [6.45, 7) is 0.159. The van der Waals surface area contributed by atoms with E-state index in [-0.39, 0.29) is 24.0 Å². The molecule has 3 fully saturated rings. The molecular weight excluding hydrogens is 675 g/mol. The van der Waals surface area contributed by atoms with Crippen LogP contribution in [0.15, 0.2) is 48.5 Å². The quantitative estimate of drug-likeness (QED) is 0.175. The van der Waals surface area contributed by atoms with Crippen molar-refractivity contribution < 1.29 is 35.9 Å². The molecule has 12 nitrogen and oxygen atoms in total. The van der Waals surface area contributed by atoms with Gasteiger partial charge in [-0.3, -0.25) is 14.3 Å². The van der Waals surface area contributed by atoms with Crippen LogP contribution in [0.1, 0.15) is 67.8 Å². The molecule has 2 aromatic carbocycles. The van der Waals surface area contributed by atoms with Crippen LogP contribution in [0.3, 0.4) is 0 Å². The van der Waals surface area contributed by atoms with Crippen LogP contribution in [0.25, 0.3) is 0 Å². The van der Waals surface area contributed by atoms with Crippen LogP contribution >= 0.6 is 11.6 Å². The van der Waals surface area contributed by atoms with E-state index >= 15 is 0 Å². The standard InChI is InChI=1S/C31H33ClF3N7O5S/c1-2-29(13-14-29)48(45,46)42-24(44)28(11-12-28)17-36-23(43)19-3-9-22(10-4-19)37-25-38-26(40-27(39-25)47-18-31(33,34)35)41-30(15-16-30)20-5-7-21(32)8-6-20/h3-10H,2,11-18H2,1H3,(H,36,43)(H,42,44)(H2,37,38,39,40,41). The van der Waals surface area contributed by atoms with Crippen LogP contribution in [-0.2, 0) is 20.4 Å². The fraction of sp³-hybridized carbons (Fsp3) is 0.452. The molecule has 3 saturated carbocycles. The molecule has 48 heavy (non-hydrogen) atoms. The summed E-state index contributed by atoms with van der Waals surface area (Å²) in [5.41, 5.74) is 0.0878. The zero-order chi connectivity index (χ0) is 34.4. The van der Waals surface area contributed by atoms with Crippen molar-refractivity contribution in [3.05, 3.63) is 64.7 Å². The summed E-state index contributed by atoms with van der Waals surface area (Å²) in [5, 5.41) is 9.38. The van der Waals surface area contributed by atoms with Crippen LogP contribution in [0.4, 0.5) is 30.8 Å². The summed E-state index contributed by atoms with van der Waals surface area (Å²) in [6.07, 6.45) is -0.780. The number of amides is 2. The van der Waals surface area contributed by atoms with Crippen molar-refractivity contribution in [3.63, 3.8) is 0 Å². The van der Waals surface area contributed by atoms with Crippen molar-refractivity contribution in [1.29, 1.82) is 0 Å². The molecule has 0 aliphatic heterocycles. The number of nitrogens with zero attached hydrogens (tertiary/aromatic N) is 3. The highest BCUT2D eigenvalue weighted by Crippen LogP contribution is 2.49. The van der Waals surface area contributed by atoms with E-state index in [0.717, 1.165) is 18.4 Å². The number of hydrogen-bond donors (Lipinski definition) is 4. The number of anilines is 3. The average Bonchev–Trinajstić information content (AvgIpc) is 3.91. The first kappa shape index (κ1) is 33.7. The van der Waals surface area contributed by atoms with Crippen LogP contribution in [0, 0.1) is 5.41 Å². The van der Waals surface area contributed by atoms with E-state index in [4.69, 9.17) is 16.3 Å². The zero-order valence-electron chi connectivity index (χ0n) is 25.8. The Morgan fingerprint density at radius 3 is 2.12 bits per heavy atom. The summed E-state index contributed by atoms with van der Waals surface area (Å²) < 4.78 is 70.3. The summed E-state index contributed by atoms with van der Waals surface area (Å²) in [4.78, 5) is 38.1. The van der Waals surface area contributed by atoms with E-state index in [0.29, 0.717) is 42.8 Å². The first-order chi connectivity index (χ1) is 22.7. The van der Waals surface area contributed by atoms with Crippen molar-refractivity contribution in [2.24, 2.45) is 5.41 Å². The summed E-state index contributed by atoms with van der Waals surface area (Å²) in [7, 11) is -3.80. The molecule has 0 unspecified atom stereocenters. The number of nitrogens with one attached hydrogen (secondary N) is 4. The number of halogens is 4. The molecule has 17 heteroatoms. The summed E-state index contributed by atoms with van der Waals surface area (Å²) >= 11 is 6.02. The molecule has 6 rings (SSSR count). The van der Waals surface area contributed by atoms with Crippen molar-refractivity contribution >= 4 is 51.0 Å². The van der Waals surface area contributed by atoms with Gasteiger partial charge in [0.25, 0.3) is 5.91 Å². The molecule has 3 aromatic rings. The topological polar surface area (TPSA) is 164 Å². The normalized spacial score (nSPS) is 18.3. The Labute approximate surface area is 279 Å². The molecule has 1 aromatic heterocycles. The van der Waals surface area contributed by atoms with Crippen molar-refractivity contribution in [1.82, 2.24) is 25.0 Å². The highest BCUT2D eigenvalue weighted by molar-refractivity contribution is 7.91. The highest BCUT2D eigenvalue weighted by Gasteiger charge is 2.57. The SMILES string of the molecule is CCC1(S(=O)(=O)NC(=O)C2(CNC(=O)c3ccc(Nc4nc(NC5(c6ccc(Cl)cc6)CC5)nc(OCC(F)(F)F)n4)cc3)CC2)CC1. The molecule has 3 aliphatic carbocycles. The van der Waals surface area contributed by atoms with Crippen LogP contribution in [0.2, 0.25) is 5.02 Å². The third-order valence-electron chi connectivity index (χ3n) is 9.05. The average molecular weight is 708 g/mol. The Bertz CT molecular complexity index is 1810. The van der Waals surface area contributed by atoms with E-state index in [1.54, 1.807) is 31.2 Å². The van der Waals surface area contributed by atoms with Gasteiger partial charge in [0.15, 0.2) is 6.61 Å². The van der Waals surface area contributed by atoms with Gasteiger partial charge in [0.05, 0.1) is 15.7 Å². The van der Waals surface area contributed by atoms with Gasteiger partial charge in [-0.1, -0.05) is 30.7 Å². The number of carbonyl (C=O) groups excluding carboxylic acids is 2. The van der Waals surface area contributed by atoms with Crippen molar-refractivity contribution in [2.45, 2.75) is 68.3 Å². The second-order valence-corrected chi connectivity index (χ2v) is 15.0. The Morgan fingerprint density at radius 1 is 0.917 bits per heavy atom. The monoisotopic (exact) mass is 707 g/mol. The third-order valence-corrected chi connectivity index (χ3v) is 11.6. The summed E-state index contributed by atoms with van der Waals surface area (Å²) in [5.74, 6) is -1.17. The van der Waals surface area contributed by atoms with Gasteiger partial charge in [-0.25, -0.2) is 8.42 Å². The van der Waals surface area contributed by atoms with Gasteiger partial charge in [0, 0.05) is 22.8 Å². The zero-order valence-corrected chi connectivity index (χ0v) is 27.4. The van der Waals surface area contributed by atoms with Crippen LogP contribution in [0.5, 0.6) is 6.01 Å². The molecule has 0 atom stereocenters. The Balaban J connectivity index is 1.10. The number of sulfonamides is 1. The molecule has 0 bridgehead atoms. The maximum atomic E-state index is 12.9. The van der Waals surface area contributed by atoms with E-state index in [2.05, 4.69) is 35.6 Å². The third kappa shape index (κ3) is 7.43. The van der Waals surface area contributed by atoms with Crippen molar-refractivity contribution in [2.75, 3.05) is 23.8 Å². The lowest BCUT2D eigenvalue weighted by Crippen LogP contribution is -2.46.